The normalized spacial score (nSPS) is 13.3. The summed E-state index contributed by atoms with van der Waals surface area (Å²) < 4.78 is 36.7. The Morgan fingerprint density at radius 2 is 1.48 bits per heavy atom. The standard InChI is InChI=1S/C12H23NO7S/c1-8(2)6-18-11(14)5-10(21(16,17)20-13)12(15)19-7-9(3)4/h8-10H,5-7,13H2,1-4H3. The van der Waals surface area contributed by atoms with E-state index >= 15 is 0 Å². The molecule has 0 spiro atoms. The van der Waals surface area contributed by atoms with Crippen LogP contribution in [0.15, 0.2) is 0 Å². The van der Waals surface area contributed by atoms with Gasteiger partial charge < -0.3 is 9.47 Å². The van der Waals surface area contributed by atoms with E-state index in [0.29, 0.717) is 0 Å². The van der Waals surface area contributed by atoms with E-state index in [4.69, 9.17) is 9.47 Å². The van der Waals surface area contributed by atoms with Gasteiger partial charge >= 0.3 is 11.9 Å². The third-order valence-corrected chi connectivity index (χ3v) is 3.56. The fourth-order valence-electron chi connectivity index (χ4n) is 1.18. The minimum atomic E-state index is -4.44. The molecule has 0 aromatic heterocycles. The summed E-state index contributed by atoms with van der Waals surface area (Å²) in [7, 11) is -4.44. The fourth-order valence-corrected chi connectivity index (χ4v) is 1.96. The lowest BCUT2D eigenvalue weighted by atomic mass is 10.2. The first kappa shape index (κ1) is 19.8. The zero-order valence-electron chi connectivity index (χ0n) is 12.7. The van der Waals surface area contributed by atoms with Gasteiger partial charge in [-0.25, -0.2) is 0 Å². The third-order valence-electron chi connectivity index (χ3n) is 2.23. The SMILES string of the molecule is CC(C)COC(=O)CC(C(=O)OCC(C)C)S(=O)(=O)ON. The topological polar surface area (TPSA) is 122 Å². The van der Waals surface area contributed by atoms with Crippen LogP contribution in [0.5, 0.6) is 0 Å². The first-order valence-electron chi connectivity index (χ1n) is 6.54. The second-order valence-electron chi connectivity index (χ2n) is 5.38. The van der Waals surface area contributed by atoms with E-state index in [1.54, 1.807) is 13.8 Å². The average molecular weight is 325 g/mol. The number of ether oxygens (including phenoxy) is 2. The van der Waals surface area contributed by atoms with Crippen LogP contribution in [0.1, 0.15) is 34.1 Å². The first-order chi connectivity index (χ1) is 9.60. The van der Waals surface area contributed by atoms with E-state index in [9.17, 15) is 18.0 Å². The van der Waals surface area contributed by atoms with Crippen LogP contribution in [0.25, 0.3) is 0 Å². The van der Waals surface area contributed by atoms with Crippen molar-refractivity contribution in [3.05, 3.63) is 0 Å². The number of carbonyl (C=O) groups is 2. The van der Waals surface area contributed by atoms with Crippen LogP contribution in [0, 0.1) is 11.8 Å². The zero-order chi connectivity index (χ0) is 16.6. The largest absolute Gasteiger partial charge is 0.465 e. The van der Waals surface area contributed by atoms with Crippen molar-refractivity contribution in [2.75, 3.05) is 13.2 Å². The highest BCUT2D eigenvalue weighted by Crippen LogP contribution is 2.12. The van der Waals surface area contributed by atoms with Gasteiger partial charge in [-0.2, -0.15) is 18.6 Å². The van der Waals surface area contributed by atoms with Crippen molar-refractivity contribution in [3.8, 4) is 0 Å². The predicted octanol–water partition coefficient (Wildman–Crippen LogP) is 0.364. The van der Waals surface area contributed by atoms with Crippen molar-refractivity contribution in [3.63, 3.8) is 0 Å². The van der Waals surface area contributed by atoms with Crippen LogP contribution in [0.2, 0.25) is 0 Å². The lowest BCUT2D eigenvalue weighted by molar-refractivity contribution is -0.151. The van der Waals surface area contributed by atoms with E-state index in [2.05, 4.69) is 10.2 Å². The summed E-state index contributed by atoms with van der Waals surface area (Å²) in [6, 6.07) is 0. The molecule has 0 aromatic carbocycles. The Balaban J connectivity index is 4.84. The molecular weight excluding hydrogens is 302 g/mol. The predicted molar refractivity (Wildman–Crippen MR) is 74.2 cm³/mol. The van der Waals surface area contributed by atoms with Gasteiger partial charge in [0.05, 0.1) is 19.6 Å². The summed E-state index contributed by atoms with van der Waals surface area (Å²) in [4.78, 5) is 23.4. The molecule has 0 radical (unpaired) electrons. The van der Waals surface area contributed by atoms with Gasteiger partial charge in [-0.15, -0.1) is 0 Å². The van der Waals surface area contributed by atoms with Crippen molar-refractivity contribution in [1.29, 1.82) is 0 Å². The van der Waals surface area contributed by atoms with Gasteiger partial charge in [-0.1, -0.05) is 27.7 Å². The molecule has 0 rings (SSSR count). The minimum Gasteiger partial charge on any atom is -0.465 e. The Labute approximate surface area is 125 Å². The zero-order valence-corrected chi connectivity index (χ0v) is 13.5. The highest BCUT2D eigenvalue weighted by Gasteiger charge is 2.37. The monoisotopic (exact) mass is 325 g/mol. The van der Waals surface area contributed by atoms with Gasteiger partial charge in [0.2, 0.25) is 0 Å². The maximum Gasteiger partial charge on any atom is 0.327 e. The van der Waals surface area contributed by atoms with Crippen molar-refractivity contribution in [1.82, 2.24) is 0 Å². The Hall–Kier alpha value is -1.19. The summed E-state index contributed by atoms with van der Waals surface area (Å²) >= 11 is 0. The van der Waals surface area contributed by atoms with Gasteiger partial charge in [0, 0.05) is 0 Å². The molecular formula is C12H23NO7S. The smallest absolute Gasteiger partial charge is 0.327 e. The van der Waals surface area contributed by atoms with Gasteiger partial charge in [-0.05, 0) is 11.8 Å². The van der Waals surface area contributed by atoms with Crippen LogP contribution in [0.3, 0.4) is 0 Å². The molecule has 124 valence electrons. The Morgan fingerprint density at radius 3 is 1.90 bits per heavy atom. The Morgan fingerprint density at radius 1 is 1.00 bits per heavy atom. The number of hydrogen-bond acceptors (Lipinski definition) is 8. The van der Waals surface area contributed by atoms with Gasteiger partial charge in [0.1, 0.15) is 0 Å². The average Bonchev–Trinajstić information content (AvgIpc) is 2.39. The molecule has 0 aliphatic heterocycles. The van der Waals surface area contributed by atoms with E-state index in [0.717, 1.165) is 0 Å². The summed E-state index contributed by atoms with van der Waals surface area (Å²) in [5, 5.41) is -1.83. The molecule has 9 heteroatoms. The summed E-state index contributed by atoms with van der Waals surface area (Å²) in [5.74, 6) is 2.83. The van der Waals surface area contributed by atoms with E-state index in [1.807, 2.05) is 13.8 Å². The molecule has 0 saturated carbocycles. The van der Waals surface area contributed by atoms with Gasteiger partial charge in [0.15, 0.2) is 5.25 Å². The number of esters is 2. The third kappa shape index (κ3) is 7.98. The molecule has 0 aromatic rings. The number of carbonyl (C=O) groups excluding carboxylic acids is 2. The molecule has 21 heavy (non-hydrogen) atoms. The first-order valence-corrected chi connectivity index (χ1v) is 8.01. The van der Waals surface area contributed by atoms with E-state index in [1.165, 1.54) is 0 Å². The van der Waals surface area contributed by atoms with Crippen LogP contribution < -0.4 is 5.90 Å². The second-order valence-corrected chi connectivity index (χ2v) is 7.13. The molecule has 0 aliphatic rings. The highest BCUT2D eigenvalue weighted by molar-refractivity contribution is 7.88. The molecule has 1 unspecified atom stereocenters. The van der Waals surface area contributed by atoms with Crippen molar-refractivity contribution >= 4 is 22.1 Å². The molecule has 8 nitrogen and oxygen atoms in total. The van der Waals surface area contributed by atoms with Gasteiger partial charge in [-0.3, -0.25) is 9.59 Å². The van der Waals surface area contributed by atoms with Gasteiger partial charge in [0.25, 0.3) is 10.1 Å². The van der Waals surface area contributed by atoms with Crippen molar-refractivity contribution in [2.45, 2.75) is 39.4 Å². The lowest BCUT2D eigenvalue weighted by Crippen LogP contribution is -2.37. The van der Waals surface area contributed by atoms with Crippen LogP contribution >= 0.6 is 0 Å². The number of hydrogen-bond donors (Lipinski definition) is 1. The number of nitrogens with two attached hydrogens (primary N) is 1. The second kappa shape index (κ2) is 8.96. The fraction of sp³-hybridized carbons (Fsp3) is 0.833. The quantitative estimate of drug-likeness (QED) is 0.476. The Kier molecular flexibility index (Phi) is 8.45. The molecule has 0 saturated heterocycles. The van der Waals surface area contributed by atoms with Crippen LogP contribution in [-0.2, 0) is 33.5 Å². The lowest BCUT2D eigenvalue weighted by Gasteiger charge is -2.15. The van der Waals surface area contributed by atoms with Crippen molar-refractivity contribution in [2.24, 2.45) is 17.7 Å². The Bertz CT molecular complexity index is 445. The maximum atomic E-state index is 11.8. The molecule has 0 fully saturated rings. The molecule has 0 aliphatic carbocycles. The molecule has 0 bridgehead atoms. The maximum absolute atomic E-state index is 11.8. The van der Waals surface area contributed by atoms with Crippen molar-refractivity contribution < 1.29 is 31.8 Å². The van der Waals surface area contributed by atoms with E-state index in [-0.39, 0.29) is 25.0 Å². The molecule has 0 heterocycles. The molecule has 2 N–H and O–H groups in total. The summed E-state index contributed by atoms with van der Waals surface area (Å²) in [6.07, 6.45) is -0.705. The van der Waals surface area contributed by atoms with Crippen LogP contribution in [0.4, 0.5) is 0 Å². The molecule has 1 atom stereocenters. The summed E-state index contributed by atoms with van der Waals surface area (Å²) in [5.41, 5.74) is 0. The number of rotatable bonds is 9. The summed E-state index contributed by atoms with van der Waals surface area (Å²) in [6.45, 7) is 7.36. The highest BCUT2D eigenvalue weighted by atomic mass is 32.2. The van der Waals surface area contributed by atoms with Crippen LogP contribution in [-0.4, -0.2) is 38.8 Å². The molecule has 0 amide bonds. The van der Waals surface area contributed by atoms with E-state index < -0.39 is 33.7 Å². The minimum absolute atomic E-state index is 0.0176.